The van der Waals surface area contributed by atoms with E-state index in [1.54, 1.807) is 6.92 Å². The summed E-state index contributed by atoms with van der Waals surface area (Å²) in [7, 11) is 0. The van der Waals surface area contributed by atoms with E-state index in [-0.39, 0.29) is 0 Å². The molecule has 0 aliphatic carbocycles. The van der Waals surface area contributed by atoms with Crippen molar-refractivity contribution in [2.45, 2.75) is 20.8 Å². The van der Waals surface area contributed by atoms with E-state index in [4.69, 9.17) is 5.26 Å². The Kier molecular flexibility index (Phi) is 3.97. The highest BCUT2D eigenvalue weighted by molar-refractivity contribution is 5.25. The molecule has 0 fully saturated rings. The number of nitrogens with zero attached hydrogens (tertiary/aromatic N) is 2. The third kappa shape index (κ3) is 1.90. The first-order valence-corrected chi connectivity index (χ1v) is 3.15. The molecule has 3 heteroatoms. The van der Waals surface area contributed by atoms with Crippen molar-refractivity contribution in [1.29, 1.82) is 5.26 Å². The summed E-state index contributed by atoms with van der Waals surface area (Å²) in [6.07, 6.45) is 1.44. The molecule has 0 unspecified atom stereocenters. The number of hydrogen-bond acceptors (Lipinski definition) is 3. The van der Waals surface area contributed by atoms with Crippen molar-refractivity contribution in [3.05, 3.63) is 17.5 Å². The monoisotopic (exact) mass is 138 g/mol. The summed E-state index contributed by atoms with van der Waals surface area (Å²) in [6.45, 7) is 5.77. The smallest absolute Gasteiger partial charge is 0.186 e. The molecule has 10 heavy (non-hydrogen) atoms. The van der Waals surface area contributed by atoms with Crippen LogP contribution >= 0.6 is 0 Å². The van der Waals surface area contributed by atoms with E-state index in [9.17, 15) is 0 Å². The fourth-order valence-corrected chi connectivity index (χ4v) is 0.395. The molecule has 3 nitrogen and oxygen atoms in total. The maximum Gasteiger partial charge on any atom is 0.186 e. The van der Waals surface area contributed by atoms with E-state index >= 15 is 0 Å². The Balaban J connectivity index is 0.000000371. The Hall–Kier alpha value is -1.30. The van der Waals surface area contributed by atoms with Crippen molar-refractivity contribution in [1.82, 2.24) is 5.16 Å². The number of rotatable bonds is 0. The Morgan fingerprint density at radius 2 is 2.20 bits per heavy atom. The van der Waals surface area contributed by atoms with Gasteiger partial charge in [-0.15, -0.1) is 0 Å². The molecule has 0 radical (unpaired) electrons. The summed E-state index contributed by atoms with van der Waals surface area (Å²) in [5.74, 6) is 0. The molecule has 0 saturated heterocycles. The van der Waals surface area contributed by atoms with Crippen molar-refractivity contribution in [2.24, 2.45) is 0 Å². The van der Waals surface area contributed by atoms with Gasteiger partial charge in [-0.05, 0) is 6.92 Å². The number of hydrogen-bond donors (Lipinski definition) is 0. The molecular weight excluding hydrogens is 128 g/mol. The van der Waals surface area contributed by atoms with Gasteiger partial charge in [0.05, 0.1) is 0 Å². The quantitative estimate of drug-likeness (QED) is 0.550. The Bertz CT molecular complexity index is 222. The molecule has 0 atom stereocenters. The van der Waals surface area contributed by atoms with Crippen LogP contribution in [0.25, 0.3) is 0 Å². The van der Waals surface area contributed by atoms with Crippen LogP contribution in [0.3, 0.4) is 0 Å². The van der Waals surface area contributed by atoms with Crippen LogP contribution in [-0.4, -0.2) is 5.16 Å². The molecule has 1 aromatic heterocycles. The molecule has 0 amide bonds. The molecular formula is C7H10N2O. The summed E-state index contributed by atoms with van der Waals surface area (Å²) in [6, 6.07) is 1.87. The van der Waals surface area contributed by atoms with E-state index in [1.807, 2.05) is 19.9 Å². The van der Waals surface area contributed by atoms with Crippen LogP contribution in [0, 0.1) is 18.3 Å². The predicted octanol–water partition coefficient (Wildman–Crippen LogP) is 1.88. The summed E-state index contributed by atoms with van der Waals surface area (Å²) in [5, 5.41) is 11.6. The highest BCUT2D eigenvalue weighted by Gasteiger charge is 1.97. The van der Waals surface area contributed by atoms with Gasteiger partial charge in [-0.3, -0.25) is 0 Å². The summed E-state index contributed by atoms with van der Waals surface area (Å²) >= 11 is 0. The molecule has 0 N–H and O–H groups in total. The third-order valence-electron chi connectivity index (χ3n) is 0.853. The van der Waals surface area contributed by atoms with Crippen LogP contribution < -0.4 is 0 Å². The van der Waals surface area contributed by atoms with Crippen molar-refractivity contribution >= 4 is 0 Å². The Labute approximate surface area is 60.3 Å². The molecule has 0 aromatic carbocycles. The topological polar surface area (TPSA) is 49.8 Å². The molecule has 0 aliphatic rings. The van der Waals surface area contributed by atoms with Crippen LogP contribution in [0.4, 0.5) is 0 Å². The molecule has 1 heterocycles. The second-order valence-corrected chi connectivity index (χ2v) is 1.46. The van der Waals surface area contributed by atoms with Gasteiger partial charge in [0.2, 0.25) is 0 Å². The first-order valence-electron chi connectivity index (χ1n) is 3.15. The fraction of sp³-hybridized carbons (Fsp3) is 0.429. The van der Waals surface area contributed by atoms with Crippen molar-refractivity contribution in [3.8, 4) is 6.07 Å². The number of aryl methyl sites for hydroxylation is 1. The zero-order valence-corrected chi connectivity index (χ0v) is 6.38. The maximum atomic E-state index is 8.23. The van der Waals surface area contributed by atoms with Crippen LogP contribution in [0.1, 0.15) is 25.1 Å². The standard InChI is InChI=1S/C5H4N2O.C2H6/c1-4-3-8-7-5(4)2-6;1-2/h3H,1H3;1-2H3. The lowest BCUT2D eigenvalue weighted by molar-refractivity contribution is 0.417. The van der Waals surface area contributed by atoms with Crippen molar-refractivity contribution in [2.75, 3.05) is 0 Å². The van der Waals surface area contributed by atoms with Crippen molar-refractivity contribution < 1.29 is 4.52 Å². The average molecular weight is 138 g/mol. The normalized spacial score (nSPS) is 7.40. The SMILES string of the molecule is CC.Cc1conc1C#N. The first-order chi connectivity index (χ1) is 4.84. The Morgan fingerprint density at radius 3 is 2.40 bits per heavy atom. The molecule has 0 bridgehead atoms. The third-order valence-corrected chi connectivity index (χ3v) is 0.853. The lowest BCUT2D eigenvalue weighted by atomic mass is 10.3. The van der Waals surface area contributed by atoms with E-state index in [0.717, 1.165) is 5.56 Å². The lowest BCUT2D eigenvalue weighted by Crippen LogP contribution is -1.72. The van der Waals surface area contributed by atoms with E-state index < -0.39 is 0 Å². The maximum absolute atomic E-state index is 8.23. The minimum absolute atomic E-state index is 0.366. The number of aromatic nitrogens is 1. The van der Waals surface area contributed by atoms with Gasteiger partial charge in [-0.25, -0.2) is 0 Å². The zero-order chi connectivity index (χ0) is 7.98. The minimum atomic E-state index is 0.366. The lowest BCUT2D eigenvalue weighted by Gasteiger charge is -1.71. The molecule has 0 saturated carbocycles. The van der Waals surface area contributed by atoms with E-state index in [1.165, 1.54) is 6.26 Å². The van der Waals surface area contributed by atoms with E-state index in [0.29, 0.717) is 5.69 Å². The molecule has 54 valence electrons. The van der Waals surface area contributed by atoms with Gasteiger partial charge in [0.25, 0.3) is 0 Å². The second-order valence-electron chi connectivity index (χ2n) is 1.46. The number of nitriles is 1. The highest BCUT2D eigenvalue weighted by Crippen LogP contribution is 2.00. The summed E-state index contributed by atoms with van der Waals surface area (Å²) in [5.41, 5.74) is 1.15. The zero-order valence-electron chi connectivity index (χ0n) is 6.38. The summed E-state index contributed by atoms with van der Waals surface area (Å²) < 4.78 is 4.46. The average Bonchev–Trinajstić information content (AvgIpc) is 2.39. The molecule has 0 aliphatic heterocycles. The van der Waals surface area contributed by atoms with Crippen LogP contribution in [-0.2, 0) is 0 Å². The largest absolute Gasteiger partial charge is 0.363 e. The van der Waals surface area contributed by atoms with Gasteiger partial charge in [-0.1, -0.05) is 19.0 Å². The minimum Gasteiger partial charge on any atom is -0.363 e. The van der Waals surface area contributed by atoms with Gasteiger partial charge in [0.1, 0.15) is 12.3 Å². The van der Waals surface area contributed by atoms with Crippen LogP contribution in [0.5, 0.6) is 0 Å². The highest BCUT2D eigenvalue weighted by atomic mass is 16.5. The predicted molar refractivity (Wildman–Crippen MR) is 37.3 cm³/mol. The van der Waals surface area contributed by atoms with Gasteiger partial charge in [0.15, 0.2) is 5.69 Å². The molecule has 1 rings (SSSR count). The Morgan fingerprint density at radius 1 is 1.60 bits per heavy atom. The molecule has 0 spiro atoms. The van der Waals surface area contributed by atoms with Gasteiger partial charge < -0.3 is 4.52 Å². The first kappa shape index (κ1) is 8.70. The van der Waals surface area contributed by atoms with Crippen molar-refractivity contribution in [3.63, 3.8) is 0 Å². The fourth-order valence-electron chi connectivity index (χ4n) is 0.395. The van der Waals surface area contributed by atoms with Gasteiger partial charge in [-0.2, -0.15) is 5.26 Å². The summed E-state index contributed by atoms with van der Waals surface area (Å²) in [4.78, 5) is 0. The van der Waals surface area contributed by atoms with Crippen LogP contribution in [0.2, 0.25) is 0 Å². The van der Waals surface area contributed by atoms with Crippen LogP contribution in [0.15, 0.2) is 10.8 Å². The molecule has 1 aromatic rings. The van der Waals surface area contributed by atoms with E-state index in [2.05, 4.69) is 9.68 Å². The van der Waals surface area contributed by atoms with Gasteiger partial charge >= 0.3 is 0 Å². The second kappa shape index (κ2) is 4.57. The van der Waals surface area contributed by atoms with Gasteiger partial charge in [0, 0.05) is 5.56 Å².